The normalized spacial score (nSPS) is 11.2. The smallest absolute Gasteiger partial charge is 0.227 e. The van der Waals surface area contributed by atoms with Crippen LogP contribution in [0, 0.1) is 13.8 Å². The van der Waals surface area contributed by atoms with Crippen LogP contribution in [0.5, 0.6) is 0 Å². The van der Waals surface area contributed by atoms with Crippen LogP contribution in [0.25, 0.3) is 22.6 Å². The lowest BCUT2D eigenvalue weighted by atomic mass is 10.1. The first kappa shape index (κ1) is 13.6. The number of hydrogen-bond donors (Lipinski definition) is 1. The van der Waals surface area contributed by atoms with Gasteiger partial charge in [0.05, 0.1) is 10.2 Å². The highest BCUT2D eigenvalue weighted by Crippen LogP contribution is 2.37. The average molecular weight is 396 g/mol. The van der Waals surface area contributed by atoms with E-state index in [1.54, 1.807) is 0 Å². The molecule has 0 spiro atoms. The Kier molecular flexibility index (Phi) is 3.34. The van der Waals surface area contributed by atoms with Crippen molar-refractivity contribution in [2.45, 2.75) is 13.8 Å². The van der Waals surface area contributed by atoms with Crippen molar-refractivity contribution in [1.29, 1.82) is 0 Å². The van der Waals surface area contributed by atoms with Crippen molar-refractivity contribution in [3.05, 3.63) is 44.3 Å². The number of nitrogens with two attached hydrogens (primary N) is 1. The van der Waals surface area contributed by atoms with Gasteiger partial charge in [0, 0.05) is 10.0 Å². The Hall–Kier alpha value is -1.33. The highest BCUT2D eigenvalue weighted by atomic mass is 79.9. The highest BCUT2D eigenvalue weighted by Gasteiger charge is 2.15. The number of fused-ring (bicyclic) bond motifs is 1. The lowest BCUT2D eigenvalue weighted by Gasteiger charge is -2.01. The molecule has 0 radical (unpaired) electrons. The van der Waals surface area contributed by atoms with Crippen LogP contribution in [0.3, 0.4) is 0 Å². The van der Waals surface area contributed by atoms with Crippen LogP contribution >= 0.6 is 31.9 Å². The summed E-state index contributed by atoms with van der Waals surface area (Å²) in [6, 6.07) is 8.11. The van der Waals surface area contributed by atoms with E-state index in [2.05, 4.69) is 68.9 Å². The first-order valence-electron chi connectivity index (χ1n) is 6.08. The topological polar surface area (TPSA) is 52.0 Å². The van der Waals surface area contributed by atoms with E-state index in [1.165, 1.54) is 11.1 Å². The lowest BCUT2D eigenvalue weighted by molar-refractivity contribution is 0.618. The zero-order valence-electron chi connectivity index (χ0n) is 11.0. The molecule has 1 aromatic heterocycles. The van der Waals surface area contributed by atoms with Crippen LogP contribution in [0.15, 0.2) is 37.6 Å². The second-order valence-corrected chi connectivity index (χ2v) is 6.48. The number of nitrogen functional groups attached to an aromatic ring is 1. The third-order valence-corrected chi connectivity index (χ3v) is 4.52. The molecule has 0 aliphatic carbocycles. The molecule has 3 nitrogen and oxygen atoms in total. The average Bonchev–Trinajstić information content (AvgIpc) is 2.79. The van der Waals surface area contributed by atoms with Crippen LogP contribution < -0.4 is 5.73 Å². The number of oxazole rings is 1. The zero-order valence-corrected chi connectivity index (χ0v) is 14.2. The molecule has 0 atom stereocenters. The molecule has 0 amide bonds. The van der Waals surface area contributed by atoms with Gasteiger partial charge in [0.1, 0.15) is 5.52 Å². The first-order chi connectivity index (χ1) is 9.45. The largest absolute Gasteiger partial charge is 0.435 e. The van der Waals surface area contributed by atoms with E-state index in [-0.39, 0.29) is 0 Å². The Bertz CT molecular complexity index is 804. The fraction of sp³-hybridized carbons (Fsp3) is 0.133. The van der Waals surface area contributed by atoms with E-state index in [9.17, 15) is 0 Å². The molecule has 20 heavy (non-hydrogen) atoms. The van der Waals surface area contributed by atoms with Gasteiger partial charge in [-0.05, 0) is 63.9 Å². The van der Waals surface area contributed by atoms with Gasteiger partial charge in [0.15, 0.2) is 5.58 Å². The molecule has 1 heterocycles. The van der Waals surface area contributed by atoms with Gasteiger partial charge in [0.25, 0.3) is 0 Å². The first-order valence-corrected chi connectivity index (χ1v) is 7.67. The van der Waals surface area contributed by atoms with Crippen molar-refractivity contribution in [1.82, 2.24) is 4.98 Å². The predicted octanol–water partition coefficient (Wildman–Crippen LogP) is 5.22. The number of aryl methyl sites for hydroxylation is 2. The van der Waals surface area contributed by atoms with Crippen LogP contribution in [0.4, 0.5) is 5.69 Å². The Morgan fingerprint density at radius 2 is 1.70 bits per heavy atom. The number of benzene rings is 2. The molecule has 0 bridgehead atoms. The minimum absolute atomic E-state index is 0.602. The van der Waals surface area contributed by atoms with Crippen molar-refractivity contribution >= 4 is 48.6 Å². The van der Waals surface area contributed by atoms with E-state index < -0.39 is 0 Å². The molecular formula is C15H12Br2N2O. The Morgan fingerprint density at radius 1 is 1.05 bits per heavy atom. The van der Waals surface area contributed by atoms with Crippen molar-refractivity contribution in [2.75, 3.05) is 5.73 Å². The Balaban J connectivity index is 2.25. The number of anilines is 1. The molecule has 3 rings (SSSR count). The molecule has 0 saturated carbocycles. The second-order valence-electron chi connectivity index (χ2n) is 4.83. The predicted molar refractivity (Wildman–Crippen MR) is 88.7 cm³/mol. The molecule has 5 heteroatoms. The molecule has 0 saturated heterocycles. The summed E-state index contributed by atoms with van der Waals surface area (Å²) in [7, 11) is 0. The second kappa shape index (κ2) is 4.90. The third-order valence-electron chi connectivity index (χ3n) is 3.08. The summed E-state index contributed by atoms with van der Waals surface area (Å²) in [5, 5.41) is 0. The van der Waals surface area contributed by atoms with Gasteiger partial charge >= 0.3 is 0 Å². The van der Waals surface area contributed by atoms with Gasteiger partial charge < -0.3 is 10.2 Å². The standard InChI is InChI=1S/C15H12Br2N2O/c1-7-3-8(2)5-9(4-7)15-19-11-6-10(16)13(18)12(17)14(11)20-15/h3-6H,18H2,1-2H3. The van der Waals surface area contributed by atoms with E-state index in [0.717, 1.165) is 20.0 Å². The fourth-order valence-electron chi connectivity index (χ4n) is 2.23. The monoisotopic (exact) mass is 394 g/mol. The van der Waals surface area contributed by atoms with E-state index in [1.807, 2.05) is 6.07 Å². The number of halogens is 2. The molecule has 102 valence electrons. The molecule has 0 aliphatic rings. The molecule has 2 aromatic carbocycles. The summed E-state index contributed by atoms with van der Waals surface area (Å²) in [4.78, 5) is 4.55. The van der Waals surface area contributed by atoms with E-state index in [0.29, 0.717) is 17.2 Å². The van der Waals surface area contributed by atoms with Crippen LogP contribution in [0.1, 0.15) is 11.1 Å². The van der Waals surface area contributed by atoms with Gasteiger partial charge in [-0.15, -0.1) is 0 Å². The maximum atomic E-state index is 5.96. The zero-order chi connectivity index (χ0) is 14.4. The summed E-state index contributed by atoms with van der Waals surface area (Å²) in [6.07, 6.45) is 0. The summed E-state index contributed by atoms with van der Waals surface area (Å²) in [5.41, 5.74) is 11.3. The maximum Gasteiger partial charge on any atom is 0.227 e. The quantitative estimate of drug-likeness (QED) is 0.574. The maximum absolute atomic E-state index is 5.96. The Labute approximate surface area is 133 Å². The van der Waals surface area contributed by atoms with Crippen LogP contribution in [-0.4, -0.2) is 4.98 Å². The number of rotatable bonds is 1. The molecule has 2 N–H and O–H groups in total. The number of aromatic nitrogens is 1. The van der Waals surface area contributed by atoms with Gasteiger partial charge in [-0.3, -0.25) is 0 Å². The van der Waals surface area contributed by atoms with Gasteiger partial charge in [0.2, 0.25) is 5.89 Å². The van der Waals surface area contributed by atoms with Gasteiger partial charge in [-0.1, -0.05) is 17.2 Å². The summed E-state index contributed by atoms with van der Waals surface area (Å²) in [6.45, 7) is 4.12. The molecule has 0 unspecified atom stereocenters. The van der Waals surface area contributed by atoms with Crippen LogP contribution in [-0.2, 0) is 0 Å². The lowest BCUT2D eigenvalue weighted by Crippen LogP contribution is -1.88. The summed E-state index contributed by atoms with van der Waals surface area (Å²) in [5.74, 6) is 0.602. The van der Waals surface area contributed by atoms with Crippen LogP contribution in [0.2, 0.25) is 0 Å². The van der Waals surface area contributed by atoms with Crippen molar-refractivity contribution < 1.29 is 4.42 Å². The fourth-order valence-corrected chi connectivity index (χ4v) is 3.41. The van der Waals surface area contributed by atoms with Crippen molar-refractivity contribution in [3.8, 4) is 11.5 Å². The number of hydrogen-bond acceptors (Lipinski definition) is 3. The minimum Gasteiger partial charge on any atom is -0.435 e. The SMILES string of the molecule is Cc1cc(C)cc(-c2nc3cc(Br)c(N)c(Br)c3o2)c1. The number of nitrogens with zero attached hydrogens (tertiary/aromatic N) is 1. The molecule has 0 aliphatic heterocycles. The summed E-state index contributed by atoms with van der Waals surface area (Å²) < 4.78 is 7.40. The van der Waals surface area contributed by atoms with Gasteiger partial charge in [-0.25, -0.2) is 4.98 Å². The third kappa shape index (κ3) is 2.25. The van der Waals surface area contributed by atoms with Crippen molar-refractivity contribution in [3.63, 3.8) is 0 Å². The van der Waals surface area contributed by atoms with E-state index >= 15 is 0 Å². The molecule has 0 fully saturated rings. The highest BCUT2D eigenvalue weighted by molar-refractivity contribution is 9.11. The summed E-state index contributed by atoms with van der Waals surface area (Å²) >= 11 is 6.88. The van der Waals surface area contributed by atoms with Crippen molar-refractivity contribution in [2.24, 2.45) is 0 Å². The molecular weight excluding hydrogens is 384 g/mol. The van der Waals surface area contributed by atoms with E-state index in [4.69, 9.17) is 10.2 Å². The van der Waals surface area contributed by atoms with Gasteiger partial charge in [-0.2, -0.15) is 0 Å². The molecule has 3 aromatic rings. The minimum atomic E-state index is 0.602. The Morgan fingerprint density at radius 3 is 2.35 bits per heavy atom.